The average Bonchev–Trinajstić information content (AvgIpc) is 2.66. The maximum absolute atomic E-state index is 13.0. The molecule has 26 heavy (non-hydrogen) atoms. The van der Waals surface area contributed by atoms with Gasteiger partial charge in [-0.3, -0.25) is 4.79 Å². The summed E-state index contributed by atoms with van der Waals surface area (Å²) in [5, 5.41) is 12.6. The number of carbonyl (C=O) groups is 1. The van der Waals surface area contributed by atoms with Crippen molar-refractivity contribution < 1.29 is 13.9 Å². The van der Waals surface area contributed by atoms with Gasteiger partial charge in [-0.25, -0.2) is 9.37 Å². The van der Waals surface area contributed by atoms with Gasteiger partial charge < -0.3 is 10.1 Å². The van der Waals surface area contributed by atoms with Gasteiger partial charge in [-0.05, 0) is 42.3 Å². The lowest BCUT2D eigenvalue weighted by molar-refractivity contribution is 0.0946. The van der Waals surface area contributed by atoms with Crippen LogP contribution in [0.5, 0.6) is 5.88 Å². The summed E-state index contributed by atoms with van der Waals surface area (Å²) < 4.78 is 18.3. The largest absolute Gasteiger partial charge is 0.480 e. The minimum atomic E-state index is -0.331. The monoisotopic (exact) mass is 349 g/mol. The predicted molar refractivity (Wildman–Crippen MR) is 95.3 cm³/mol. The Morgan fingerprint density at radius 2 is 2.00 bits per heavy atom. The molecule has 5 nitrogen and oxygen atoms in total. The van der Waals surface area contributed by atoms with Crippen molar-refractivity contribution in [3.63, 3.8) is 0 Å². The third kappa shape index (κ3) is 3.33. The van der Waals surface area contributed by atoms with E-state index < -0.39 is 0 Å². The van der Waals surface area contributed by atoms with Gasteiger partial charge in [0.1, 0.15) is 11.4 Å². The summed E-state index contributed by atoms with van der Waals surface area (Å²) in [5.74, 6) is -0.461. The van der Waals surface area contributed by atoms with Crippen LogP contribution in [0.15, 0.2) is 42.5 Å². The van der Waals surface area contributed by atoms with Crippen molar-refractivity contribution in [3.05, 3.63) is 70.5 Å². The minimum Gasteiger partial charge on any atom is -0.480 e. The van der Waals surface area contributed by atoms with Gasteiger partial charge in [0, 0.05) is 11.9 Å². The molecular formula is C20H16FN3O2. The second-order valence-electron chi connectivity index (χ2n) is 5.77. The molecule has 2 aromatic carbocycles. The smallest absolute Gasteiger partial charge is 0.257 e. The number of hydrogen-bond donors (Lipinski definition) is 1. The fourth-order valence-corrected chi connectivity index (χ4v) is 2.76. The number of pyridine rings is 1. The molecule has 0 aliphatic heterocycles. The molecule has 1 N–H and O–H groups in total. The van der Waals surface area contributed by atoms with Crippen LogP contribution in [0.25, 0.3) is 10.9 Å². The summed E-state index contributed by atoms with van der Waals surface area (Å²) in [6.45, 7) is 2.07. The highest BCUT2D eigenvalue weighted by atomic mass is 19.1. The van der Waals surface area contributed by atoms with E-state index in [0.29, 0.717) is 22.2 Å². The van der Waals surface area contributed by atoms with Crippen molar-refractivity contribution >= 4 is 16.8 Å². The van der Waals surface area contributed by atoms with Crippen LogP contribution in [0, 0.1) is 24.1 Å². The Kier molecular flexibility index (Phi) is 4.81. The summed E-state index contributed by atoms with van der Waals surface area (Å²) in [6, 6.07) is 13.1. The summed E-state index contributed by atoms with van der Waals surface area (Å²) in [6.07, 6.45) is 0. The zero-order valence-corrected chi connectivity index (χ0v) is 14.3. The van der Waals surface area contributed by atoms with Crippen LogP contribution in [0.4, 0.5) is 4.39 Å². The number of fused-ring (bicyclic) bond motifs is 1. The van der Waals surface area contributed by atoms with Crippen LogP contribution in [-0.2, 0) is 6.54 Å². The van der Waals surface area contributed by atoms with Crippen LogP contribution >= 0.6 is 0 Å². The molecule has 130 valence electrons. The van der Waals surface area contributed by atoms with Gasteiger partial charge >= 0.3 is 0 Å². The molecule has 6 heteroatoms. The number of carbonyl (C=O) groups excluding carboxylic acids is 1. The molecule has 0 saturated carbocycles. The van der Waals surface area contributed by atoms with Gasteiger partial charge in [0.15, 0.2) is 0 Å². The fourth-order valence-electron chi connectivity index (χ4n) is 2.76. The molecule has 1 aromatic heterocycles. The molecule has 0 saturated heterocycles. The first-order chi connectivity index (χ1) is 12.5. The molecule has 3 rings (SSSR count). The molecule has 0 spiro atoms. The summed E-state index contributed by atoms with van der Waals surface area (Å²) >= 11 is 0. The van der Waals surface area contributed by atoms with E-state index in [1.54, 1.807) is 30.3 Å². The zero-order valence-electron chi connectivity index (χ0n) is 14.3. The van der Waals surface area contributed by atoms with Crippen molar-refractivity contribution in [2.24, 2.45) is 0 Å². The highest BCUT2D eigenvalue weighted by Gasteiger charge is 2.19. The van der Waals surface area contributed by atoms with Crippen molar-refractivity contribution in [3.8, 4) is 11.9 Å². The predicted octanol–water partition coefficient (Wildman–Crippen LogP) is 3.49. The molecule has 1 heterocycles. The number of rotatable bonds is 4. The average molecular weight is 349 g/mol. The van der Waals surface area contributed by atoms with Gasteiger partial charge in [-0.2, -0.15) is 5.26 Å². The molecule has 0 bridgehead atoms. The van der Waals surface area contributed by atoms with Gasteiger partial charge in [0.25, 0.3) is 5.91 Å². The molecule has 0 radical (unpaired) electrons. The lowest BCUT2D eigenvalue weighted by Crippen LogP contribution is -2.24. The maximum Gasteiger partial charge on any atom is 0.257 e. The molecule has 0 unspecified atom stereocenters. The van der Waals surface area contributed by atoms with Crippen molar-refractivity contribution in [2.75, 3.05) is 7.11 Å². The van der Waals surface area contributed by atoms with Crippen LogP contribution in [0.1, 0.15) is 27.0 Å². The number of methoxy groups -OCH3 is 1. The fraction of sp³-hybridized carbons (Fsp3) is 0.150. The first kappa shape index (κ1) is 17.4. The van der Waals surface area contributed by atoms with E-state index in [1.165, 1.54) is 19.2 Å². The Hall–Kier alpha value is -3.46. The van der Waals surface area contributed by atoms with Crippen LogP contribution in [-0.4, -0.2) is 18.0 Å². The Morgan fingerprint density at radius 3 is 2.65 bits per heavy atom. The third-order valence-electron chi connectivity index (χ3n) is 4.13. The number of hydrogen-bond acceptors (Lipinski definition) is 4. The van der Waals surface area contributed by atoms with Gasteiger partial charge in [0.2, 0.25) is 5.88 Å². The normalized spacial score (nSPS) is 10.4. The molecule has 0 fully saturated rings. The van der Waals surface area contributed by atoms with E-state index in [-0.39, 0.29) is 24.1 Å². The number of nitrogens with zero attached hydrogens (tertiary/aromatic N) is 2. The first-order valence-corrected chi connectivity index (χ1v) is 7.94. The van der Waals surface area contributed by atoms with Crippen LogP contribution < -0.4 is 10.1 Å². The molecule has 0 aliphatic rings. The Balaban J connectivity index is 1.95. The second kappa shape index (κ2) is 7.19. The zero-order chi connectivity index (χ0) is 18.7. The molecule has 0 atom stereocenters. The third-order valence-corrected chi connectivity index (χ3v) is 4.13. The van der Waals surface area contributed by atoms with E-state index >= 15 is 0 Å². The number of ether oxygens (including phenoxy) is 1. The van der Waals surface area contributed by atoms with Crippen LogP contribution in [0.2, 0.25) is 0 Å². The summed E-state index contributed by atoms with van der Waals surface area (Å²) in [5.41, 5.74) is 2.91. The van der Waals surface area contributed by atoms with Gasteiger partial charge in [-0.1, -0.05) is 18.2 Å². The Morgan fingerprint density at radius 1 is 1.27 bits per heavy atom. The highest BCUT2D eigenvalue weighted by molar-refractivity contribution is 6.02. The van der Waals surface area contributed by atoms with E-state index in [1.807, 2.05) is 6.92 Å². The minimum absolute atomic E-state index is 0.196. The quantitative estimate of drug-likeness (QED) is 0.782. The summed E-state index contributed by atoms with van der Waals surface area (Å²) in [7, 11) is 1.44. The SMILES string of the molecule is COc1nc2cc(C#N)ccc2c(C)c1C(=O)NCc1ccc(F)cc1. The molecule has 1 amide bonds. The second-order valence-corrected chi connectivity index (χ2v) is 5.77. The van der Waals surface area contributed by atoms with E-state index in [4.69, 9.17) is 10.00 Å². The van der Waals surface area contributed by atoms with E-state index in [9.17, 15) is 9.18 Å². The number of amides is 1. The number of benzene rings is 2. The van der Waals surface area contributed by atoms with Crippen molar-refractivity contribution in [2.45, 2.75) is 13.5 Å². The van der Waals surface area contributed by atoms with Crippen molar-refractivity contribution in [1.82, 2.24) is 10.3 Å². The van der Waals surface area contributed by atoms with E-state index in [2.05, 4.69) is 16.4 Å². The Bertz CT molecular complexity index is 1020. The van der Waals surface area contributed by atoms with E-state index in [0.717, 1.165) is 10.9 Å². The number of halogens is 1. The molecule has 3 aromatic rings. The number of nitrogens with one attached hydrogen (secondary N) is 1. The highest BCUT2D eigenvalue weighted by Crippen LogP contribution is 2.28. The van der Waals surface area contributed by atoms with Crippen molar-refractivity contribution in [1.29, 1.82) is 5.26 Å². The molecular weight excluding hydrogens is 333 g/mol. The molecule has 0 aliphatic carbocycles. The maximum atomic E-state index is 13.0. The first-order valence-electron chi connectivity index (χ1n) is 7.94. The summed E-state index contributed by atoms with van der Waals surface area (Å²) in [4.78, 5) is 17.1. The van der Waals surface area contributed by atoms with Gasteiger partial charge in [-0.15, -0.1) is 0 Å². The number of nitriles is 1. The standard InChI is InChI=1S/C20H16FN3O2/c1-12-16-8-5-14(10-22)9-17(16)24-20(26-2)18(12)19(25)23-11-13-3-6-15(21)7-4-13/h3-9H,11H2,1-2H3,(H,23,25). The lowest BCUT2D eigenvalue weighted by Gasteiger charge is -2.14. The number of aryl methyl sites for hydroxylation is 1. The lowest BCUT2D eigenvalue weighted by atomic mass is 10.0. The Labute approximate surface area is 150 Å². The number of aromatic nitrogens is 1. The van der Waals surface area contributed by atoms with Crippen LogP contribution in [0.3, 0.4) is 0 Å². The topological polar surface area (TPSA) is 75.0 Å². The van der Waals surface area contributed by atoms with Gasteiger partial charge in [0.05, 0.1) is 24.3 Å².